The third-order valence-electron chi connectivity index (χ3n) is 3.20. The number of nitrogens with zero attached hydrogens (tertiary/aromatic N) is 1. The molecular formula is C14H21FN2. The van der Waals surface area contributed by atoms with Crippen LogP contribution in [0.2, 0.25) is 0 Å². The minimum atomic E-state index is -0.102. The highest BCUT2D eigenvalue weighted by Crippen LogP contribution is 2.24. The number of aryl methyl sites for hydroxylation is 1. The van der Waals surface area contributed by atoms with Gasteiger partial charge in [-0.2, -0.15) is 0 Å². The summed E-state index contributed by atoms with van der Waals surface area (Å²) >= 11 is 0. The first-order valence-corrected chi connectivity index (χ1v) is 6.33. The average Bonchev–Trinajstić information content (AvgIpc) is 2.65. The molecule has 1 fully saturated rings. The van der Waals surface area contributed by atoms with Crippen molar-refractivity contribution in [1.82, 2.24) is 5.32 Å². The van der Waals surface area contributed by atoms with Crippen LogP contribution < -0.4 is 10.2 Å². The van der Waals surface area contributed by atoms with Crippen molar-refractivity contribution in [3.63, 3.8) is 0 Å². The Morgan fingerprint density at radius 1 is 1.41 bits per heavy atom. The Bertz CT molecular complexity index is 390. The third kappa shape index (κ3) is 2.97. The molecule has 1 N–H and O–H groups in total. The maximum atomic E-state index is 13.8. The second kappa shape index (κ2) is 5.05. The normalized spacial score (nSPS) is 20.3. The molecule has 1 aliphatic rings. The number of anilines is 1. The number of rotatable bonds is 3. The average molecular weight is 236 g/mol. The van der Waals surface area contributed by atoms with Gasteiger partial charge < -0.3 is 10.2 Å². The number of benzene rings is 1. The summed E-state index contributed by atoms with van der Waals surface area (Å²) in [5.74, 6) is -0.102. The summed E-state index contributed by atoms with van der Waals surface area (Å²) in [6, 6.07) is 6.45. The molecule has 1 atom stereocenters. The van der Waals surface area contributed by atoms with Crippen LogP contribution >= 0.6 is 0 Å². The van der Waals surface area contributed by atoms with E-state index in [0.717, 1.165) is 30.8 Å². The lowest BCUT2D eigenvalue weighted by Gasteiger charge is -2.21. The fraction of sp³-hybridized carbons (Fsp3) is 0.571. The van der Waals surface area contributed by atoms with Crippen molar-refractivity contribution in [3.05, 3.63) is 29.6 Å². The molecule has 94 valence electrons. The van der Waals surface area contributed by atoms with Gasteiger partial charge in [0.25, 0.3) is 0 Å². The van der Waals surface area contributed by atoms with Crippen molar-refractivity contribution in [2.45, 2.75) is 39.3 Å². The zero-order valence-electron chi connectivity index (χ0n) is 10.8. The fourth-order valence-corrected chi connectivity index (χ4v) is 2.45. The molecule has 0 aliphatic carbocycles. The van der Waals surface area contributed by atoms with Gasteiger partial charge >= 0.3 is 0 Å². The molecular weight excluding hydrogens is 215 g/mol. The van der Waals surface area contributed by atoms with Gasteiger partial charge in [-0.3, -0.25) is 0 Å². The minimum absolute atomic E-state index is 0.102. The molecule has 0 aromatic heterocycles. The molecule has 0 radical (unpaired) electrons. The maximum absolute atomic E-state index is 13.8. The molecule has 0 bridgehead atoms. The lowest BCUT2D eigenvalue weighted by molar-refractivity contribution is 0.491. The van der Waals surface area contributed by atoms with Gasteiger partial charge in [0.15, 0.2) is 0 Å². The van der Waals surface area contributed by atoms with Crippen molar-refractivity contribution in [3.8, 4) is 0 Å². The predicted octanol–water partition coefficient (Wildman–Crippen LogP) is 2.71. The van der Waals surface area contributed by atoms with E-state index in [1.54, 1.807) is 6.07 Å². The Kier molecular flexibility index (Phi) is 3.67. The zero-order chi connectivity index (χ0) is 12.4. The second-order valence-corrected chi connectivity index (χ2v) is 5.21. The van der Waals surface area contributed by atoms with Gasteiger partial charge in [-0.1, -0.05) is 19.9 Å². The van der Waals surface area contributed by atoms with E-state index in [-0.39, 0.29) is 5.82 Å². The molecule has 1 unspecified atom stereocenters. The predicted molar refractivity (Wildman–Crippen MR) is 70.0 cm³/mol. The first-order valence-electron chi connectivity index (χ1n) is 6.33. The summed E-state index contributed by atoms with van der Waals surface area (Å²) in [6.45, 7) is 8.05. The maximum Gasteiger partial charge on any atom is 0.146 e. The first kappa shape index (κ1) is 12.4. The lowest BCUT2D eigenvalue weighted by Crippen LogP contribution is -2.37. The highest BCUT2D eigenvalue weighted by atomic mass is 19.1. The van der Waals surface area contributed by atoms with Crippen molar-refractivity contribution in [2.24, 2.45) is 0 Å². The Morgan fingerprint density at radius 2 is 2.18 bits per heavy atom. The van der Waals surface area contributed by atoms with E-state index in [4.69, 9.17) is 0 Å². The molecule has 2 rings (SSSR count). The van der Waals surface area contributed by atoms with Gasteiger partial charge in [0.05, 0.1) is 5.69 Å². The summed E-state index contributed by atoms with van der Waals surface area (Å²) in [4.78, 5) is 2.13. The smallest absolute Gasteiger partial charge is 0.146 e. The van der Waals surface area contributed by atoms with Crippen LogP contribution in [0.3, 0.4) is 0 Å². The van der Waals surface area contributed by atoms with E-state index < -0.39 is 0 Å². The summed E-state index contributed by atoms with van der Waals surface area (Å²) in [5, 5.41) is 3.51. The van der Waals surface area contributed by atoms with Crippen LogP contribution in [0.1, 0.15) is 25.8 Å². The SMILES string of the molecule is Cc1ccc(N2CCC(NC(C)C)C2)c(F)c1. The van der Waals surface area contributed by atoms with Gasteiger partial charge in [0.2, 0.25) is 0 Å². The monoisotopic (exact) mass is 236 g/mol. The van der Waals surface area contributed by atoms with Crippen LogP contribution in [0.25, 0.3) is 0 Å². The van der Waals surface area contributed by atoms with Crippen LogP contribution in [0.4, 0.5) is 10.1 Å². The first-order chi connectivity index (χ1) is 8.06. The summed E-state index contributed by atoms with van der Waals surface area (Å²) < 4.78 is 13.8. The van der Waals surface area contributed by atoms with E-state index in [9.17, 15) is 4.39 Å². The molecule has 1 aromatic carbocycles. The molecule has 1 aromatic rings. The molecule has 1 heterocycles. The van der Waals surface area contributed by atoms with Gasteiger partial charge in [-0.05, 0) is 31.0 Å². The van der Waals surface area contributed by atoms with E-state index >= 15 is 0 Å². The van der Waals surface area contributed by atoms with Crippen molar-refractivity contribution < 1.29 is 4.39 Å². The van der Waals surface area contributed by atoms with E-state index in [2.05, 4.69) is 24.1 Å². The Labute approximate surface area is 103 Å². The van der Waals surface area contributed by atoms with E-state index in [1.807, 2.05) is 19.1 Å². The standard InChI is InChI=1S/C14H21FN2/c1-10(2)16-12-6-7-17(9-12)14-5-4-11(3)8-13(14)15/h4-5,8,10,12,16H,6-7,9H2,1-3H3. The van der Waals surface area contributed by atoms with E-state index in [0.29, 0.717) is 12.1 Å². The summed E-state index contributed by atoms with van der Waals surface area (Å²) in [5.41, 5.74) is 1.71. The van der Waals surface area contributed by atoms with Gasteiger partial charge in [0.1, 0.15) is 5.82 Å². The topological polar surface area (TPSA) is 15.3 Å². The molecule has 1 aliphatic heterocycles. The number of nitrogens with one attached hydrogen (secondary N) is 1. The van der Waals surface area contributed by atoms with Crippen LogP contribution in [0.5, 0.6) is 0 Å². The minimum Gasteiger partial charge on any atom is -0.368 e. The van der Waals surface area contributed by atoms with Crippen LogP contribution in [0.15, 0.2) is 18.2 Å². The molecule has 0 saturated carbocycles. The third-order valence-corrected chi connectivity index (χ3v) is 3.20. The van der Waals surface area contributed by atoms with Crippen molar-refractivity contribution in [2.75, 3.05) is 18.0 Å². The molecule has 0 spiro atoms. The quantitative estimate of drug-likeness (QED) is 0.868. The Morgan fingerprint density at radius 3 is 2.82 bits per heavy atom. The molecule has 1 saturated heterocycles. The summed E-state index contributed by atoms with van der Waals surface area (Å²) in [7, 11) is 0. The van der Waals surface area contributed by atoms with Crippen molar-refractivity contribution >= 4 is 5.69 Å². The molecule has 2 nitrogen and oxygen atoms in total. The lowest BCUT2D eigenvalue weighted by atomic mass is 10.2. The Balaban J connectivity index is 2.05. The van der Waals surface area contributed by atoms with Gasteiger partial charge in [-0.15, -0.1) is 0 Å². The number of halogens is 1. The fourth-order valence-electron chi connectivity index (χ4n) is 2.45. The van der Waals surface area contributed by atoms with Crippen molar-refractivity contribution in [1.29, 1.82) is 0 Å². The summed E-state index contributed by atoms with van der Waals surface area (Å²) in [6.07, 6.45) is 1.09. The molecule has 0 amide bonds. The molecule has 17 heavy (non-hydrogen) atoms. The van der Waals surface area contributed by atoms with Crippen LogP contribution in [-0.2, 0) is 0 Å². The van der Waals surface area contributed by atoms with Crippen LogP contribution in [0, 0.1) is 12.7 Å². The van der Waals surface area contributed by atoms with Crippen LogP contribution in [-0.4, -0.2) is 25.2 Å². The number of hydrogen-bond acceptors (Lipinski definition) is 2. The second-order valence-electron chi connectivity index (χ2n) is 5.21. The largest absolute Gasteiger partial charge is 0.368 e. The molecule has 3 heteroatoms. The number of hydrogen-bond donors (Lipinski definition) is 1. The van der Waals surface area contributed by atoms with Gasteiger partial charge in [0, 0.05) is 25.2 Å². The van der Waals surface area contributed by atoms with Gasteiger partial charge in [-0.25, -0.2) is 4.39 Å². The highest BCUT2D eigenvalue weighted by Gasteiger charge is 2.24. The zero-order valence-corrected chi connectivity index (χ0v) is 10.8. The van der Waals surface area contributed by atoms with E-state index in [1.165, 1.54) is 0 Å². The highest BCUT2D eigenvalue weighted by molar-refractivity contribution is 5.50. The Hall–Kier alpha value is -1.09.